The van der Waals surface area contributed by atoms with Crippen LogP contribution in [-0.4, -0.2) is 43.1 Å². The maximum atomic E-state index is 13.4. The number of hydrogen-bond acceptors (Lipinski definition) is 3. The molecule has 1 saturated heterocycles. The second-order valence-corrected chi connectivity index (χ2v) is 5.47. The van der Waals surface area contributed by atoms with E-state index >= 15 is 0 Å². The topological polar surface area (TPSA) is 41.6 Å². The van der Waals surface area contributed by atoms with Gasteiger partial charge in [-0.05, 0) is 37.9 Å². The van der Waals surface area contributed by atoms with Crippen molar-refractivity contribution in [3.63, 3.8) is 0 Å². The second kappa shape index (κ2) is 8.34. The van der Waals surface area contributed by atoms with E-state index in [2.05, 4.69) is 5.32 Å². The van der Waals surface area contributed by atoms with Crippen LogP contribution in [0.25, 0.3) is 0 Å². The van der Waals surface area contributed by atoms with Gasteiger partial charge in [-0.15, -0.1) is 12.4 Å². The first-order valence-corrected chi connectivity index (χ1v) is 7.47. The van der Waals surface area contributed by atoms with Crippen LogP contribution in [0.5, 0.6) is 5.75 Å². The minimum atomic E-state index is -0.424. The summed E-state index contributed by atoms with van der Waals surface area (Å²) in [6, 6.07) is 6.29. The van der Waals surface area contributed by atoms with Crippen molar-refractivity contribution in [2.24, 2.45) is 0 Å². The number of benzene rings is 1. The van der Waals surface area contributed by atoms with Gasteiger partial charge in [-0.3, -0.25) is 4.79 Å². The van der Waals surface area contributed by atoms with Gasteiger partial charge in [0.2, 0.25) is 5.91 Å². The third kappa shape index (κ3) is 4.11. The standard InChI is InChI=1S/C16H23FN2O2.ClH/c1-3-16(9-6-10-18-16)15(20)19(2)11-12-21-14-8-5-4-7-13(14)17;/h4-5,7-8,18H,3,6,9-12H2,1-2H3;1H. The maximum absolute atomic E-state index is 13.4. The highest BCUT2D eigenvalue weighted by atomic mass is 35.5. The van der Waals surface area contributed by atoms with Gasteiger partial charge in [-0.2, -0.15) is 0 Å². The van der Waals surface area contributed by atoms with Crippen molar-refractivity contribution in [1.82, 2.24) is 10.2 Å². The smallest absolute Gasteiger partial charge is 0.242 e. The predicted molar refractivity (Wildman–Crippen MR) is 87.0 cm³/mol. The highest BCUT2D eigenvalue weighted by Gasteiger charge is 2.40. The molecular formula is C16H24ClFN2O2. The average Bonchev–Trinajstić information content (AvgIpc) is 2.98. The van der Waals surface area contributed by atoms with E-state index in [0.29, 0.717) is 6.54 Å². The van der Waals surface area contributed by atoms with E-state index in [9.17, 15) is 9.18 Å². The van der Waals surface area contributed by atoms with Crippen molar-refractivity contribution < 1.29 is 13.9 Å². The maximum Gasteiger partial charge on any atom is 0.242 e. The van der Waals surface area contributed by atoms with E-state index in [0.717, 1.165) is 25.8 Å². The lowest BCUT2D eigenvalue weighted by Crippen LogP contribution is -2.54. The highest BCUT2D eigenvalue weighted by Crippen LogP contribution is 2.25. The number of rotatable bonds is 6. The molecule has 0 spiro atoms. The van der Waals surface area contributed by atoms with E-state index in [1.54, 1.807) is 30.1 Å². The quantitative estimate of drug-likeness (QED) is 0.871. The monoisotopic (exact) mass is 330 g/mol. The number of carbonyl (C=O) groups is 1. The first kappa shape index (κ1) is 18.7. The molecule has 22 heavy (non-hydrogen) atoms. The Hall–Kier alpha value is -1.33. The van der Waals surface area contributed by atoms with E-state index in [4.69, 9.17) is 4.74 Å². The van der Waals surface area contributed by atoms with Gasteiger partial charge in [-0.1, -0.05) is 19.1 Å². The number of hydrogen-bond donors (Lipinski definition) is 1. The summed E-state index contributed by atoms with van der Waals surface area (Å²) in [6.07, 6.45) is 2.68. The van der Waals surface area contributed by atoms with Crippen molar-refractivity contribution in [2.45, 2.75) is 31.7 Å². The van der Waals surface area contributed by atoms with Gasteiger partial charge in [0.25, 0.3) is 0 Å². The highest BCUT2D eigenvalue weighted by molar-refractivity contribution is 5.86. The number of para-hydroxylation sites is 1. The number of nitrogens with one attached hydrogen (secondary N) is 1. The van der Waals surface area contributed by atoms with E-state index in [1.807, 2.05) is 6.92 Å². The van der Waals surface area contributed by atoms with Gasteiger partial charge in [0.1, 0.15) is 6.61 Å². The van der Waals surface area contributed by atoms with Crippen LogP contribution in [0.4, 0.5) is 4.39 Å². The third-order valence-corrected chi connectivity index (χ3v) is 4.12. The van der Waals surface area contributed by atoms with Crippen LogP contribution in [0, 0.1) is 5.82 Å². The van der Waals surface area contributed by atoms with Crippen LogP contribution in [0.15, 0.2) is 24.3 Å². The molecular weight excluding hydrogens is 307 g/mol. The molecule has 1 amide bonds. The van der Waals surface area contributed by atoms with Crippen molar-refractivity contribution >= 4 is 18.3 Å². The van der Waals surface area contributed by atoms with Crippen LogP contribution < -0.4 is 10.1 Å². The van der Waals surface area contributed by atoms with Gasteiger partial charge in [0.05, 0.1) is 12.1 Å². The van der Waals surface area contributed by atoms with Gasteiger partial charge in [0.15, 0.2) is 11.6 Å². The number of amides is 1. The molecule has 1 fully saturated rings. The summed E-state index contributed by atoms with van der Waals surface area (Å²) in [5.74, 6) is -0.0591. The van der Waals surface area contributed by atoms with Crippen LogP contribution in [0.1, 0.15) is 26.2 Å². The third-order valence-electron chi connectivity index (χ3n) is 4.12. The Morgan fingerprint density at radius 2 is 2.18 bits per heavy atom. The van der Waals surface area contributed by atoms with Crippen molar-refractivity contribution in [2.75, 3.05) is 26.7 Å². The first-order chi connectivity index (χ1) is 10.1. The predicted octanol–water partition coefficient (Wildman–Crippen LogP) is 2.62. The molecule has 124 valence electrons. The normalized spacial score (nSPS) is 20.3. The summed E-state index contributed by atoms with van der Waals surface area (Å²) in [6.45, 7) is 3.64. The molecule has 1 heterocycles. The number of likely N-dealkylation sites (N-methyl/N-ethyl adjacent to an activating group) is 1. The zero-order valence-electron chi connectivity index (χ0n) is 13.1. The largest absolute Gasteiger partial charge is 0.489 e. The lowest BCUT2D eigenvalue weighted by Gasteiger charge is -2.31. The van der Waals surface area contributed by atoms with Gasteiger partial charge < -0.3 is 15.0 Å². The molecule has 1 aliphatic heterocycles. The summed E-state index contributed by atoms with van der Waals surface area (Å²) in [5, 5.41) is 3.33. The lowest BCUT2D eigenvalue weighted by molar-refractivity contribution is -0.137. The van der Waals surface area contributed by atoms with E-state index in [-0.39, 0.29) is 36.5 Å². The summed E-state index contributed by atoms with van der Waals surface area (Å²) in [7, 11) is 1.77. The molecule has 1 N–H and O–H groups in total. The molecule has 0 radical (unpaired) electrons. The Labute approximate surface area is 137 Å². The molecule has 4 nitrogen and oxygen atoms in total. The van der Waals surface area contributed by atoms with Crippen molar-refractivity contribution in [1.29, 1.82) is 0 Å². The molecule has 0 aliphatic carbocycles. The summed E-state index contributed by atoms with van der Waals surface area (Å²) in [4.78, 5) is 14.2. The summed E-state index contributed by atoms with van der Waals surface area (Å²) in [5.41, 5.74) is -0.424. The van der Waals surface area contributed by atoms with E-state index in [1.165, 1.54) is 6.07 Å². The molecule has 1 aromatic carbocycles. The zero-order chi connectivity index (χ0) is 15.3. The molecule has 6 heteroatoms. The fraction of sp³-hybridized carbons (Fsp3) is 0.562. The zero-order valence-corrected chi connectivity index (χ0v) is 13.9. The fourth-order valence-corrected chi connectivity index (χ4v) is 2.76. The number of carbonyl (C=O) groups excluding carboxylic acids is 1. The van der Waals surface area contributed by atoms with Gasteiger partial charge >= 0.3 is 0 Å². The Morgan fingerprint density at radius 1 is 1.45 bits per heavy atom. The van der Waals surface area contributed by atoms with Crippen LogP contribution in [-0.2, 0) is 4.79 Å². The fourth-order valence-electron chi connectivity index (χ4n) is 2.76. The van der Waals surface area contributed by atoms with Crippen LogP contribution in [0.3, 0.4) is 0 Å². The average molecular weight is 331 g/mol. The molecule has 0 bridgehead atoms. The lowest BCUT2D eigenvalue weighted by atomic mass is 9.92. The molecule has 1 unspecified atom stereocenters. The SMILES string of the molecule is CCC1(C(=O)N(C)CCOc2ccccc2F)CCCN1.Cl. The first-order valence-electron chi connectivity index (χ1n) is 7.47. The van der Waals surface area contributed by atoms with E-state index < -0.39 is 5.54 Å². The summed E-state index contributed by atoms with van der Waals surface area (Å²) < 4.78 is 18.8. The number of halogens is 2. The Kier molecular flexibility index (Phi) is 7.10. The minimum Gasteiger partial charge on any atom is -0.489 e. The molecule has 1 atom stereocenters. The van der Waals surface area contributed by atoms with Crippen LogP contribution in [0.2, 0.25) is 0 Å². The molecule has 1 aliphatic rings. The Morgan fingerprint density at radius 3 is 2.77 bits per heavy atom. The van der Waals surface area contributed by atoms with Crippen molar-refractivity contribution in [3.05, 3.63) is 30.1 Å². The van der Waals surface area contributed by atoms with Gasteiger partial charge in [0, 0.05) is 7.05 Å². The number of ether oxygens (including phenoxy) is 1. The molecule has 2 rings (SSSR count). The molecule has 1 aromatic rings. The second-order valence-electron chi connectivity index (χ2n) is 5.47. The summed E-state index contributed by atoms with van der Waals surface area (Å²) >= 11 is 0. The van der Waals surface area contributed by atoms with Crippen LogP contribution >= 0.6 is 12.4 Å². The molecule has 0 saturated carbocycles. The van der Waals surface area contributed by atoms with Crippen molar-refractivity contribution in [3.8, 4) is 5.75 Å². The minimum absolute atomic E-state index is 0. The Balaban J connectivity index is 0.00000242. The van der Waals surface area contributed by atoms with Gasteiger partial charge in [-0.25, -0.2) is 4.39 Å². The number of nitrogens with zero attached hydrogens (tertiary/aromatic N) is 1. The molecule has 0 aromatic heterocycles. The Bertz CT molecular complexity index is 493.